The molecule has 2 unspecified atom stereocenters. The molecule has 20 heavy (non-hydrogen) atoms. The zero-order valence-corrected chi connectivity index (χ0v) is 13.0. The predicted octanol–water partition coefficient (Wildman–Crippen LogP) is 1.61. The van der Waals surface area contributed by atoms with Gasteiger partial charge in [-0.3, -0.25) is 19.7 Å². The summed E-state index contributed by atoms with van der Waals surface area (Å²) in [6.07, 6.45) is 0.673. The third-order valence-corrected chi connectivity index (χ3v) is 4.56. The summed E-state index contributed by atoms with van der Waals surface area (Å²) < 4.78 is 0.993. The van der Waals surface area contributed by atoms with Gasteiger partial charge in [0.25, 0.3) is 5.91 Å². The van der Waals surface area contributed by atoms with Crippen molar-refractivity contribution in [1.82, 2.24) is 10.2 Å². The maximum absolute atomic E-state index is 12.5. The van der Waals surface area contributed by atoms with Gasteiger partial charge < -0.3 is 4.90 Å². The molecule has 0 aliphatic carbocycles. The number of imide groups is 1. The molecule has 2 atom stereocenters. The minimum Gasteiger partial charge on any atom is -0.320 e. The van der Waals surface area contributed by atoms with Gasteiger partial charge in [0.15, 0.2) is 0 Å². The number of benzene rings is 1. The molecular formula is C14H13IN2O3. The average Bonchev–Trinajstić information content (AvgIpc) is 2.63. The fourth-order valence-corrected chi connectivity index (χ4v) is 3.39. The molecular weight excluding hydrogens is 371 g/mol. The standard InChI is InChI=1S/C14H13IN2O3/c1-7-9-3-2-8(15)6-10(9)14(20)17(7)11-4-5-12(18)16-13(11)19/h2-3,6-7,11H,4-5H2,1H3,(H,16,18,19). The van der Waals surface area contributed by atoms with Gasteiger partial charge in [0, 0.05) is 15.6 Å². The lowest BCUT2D eigenvalue weighted by Crippen LogP contribution is -2.53. The Hall–Kier alpha value is -1.44. The minimum absolute atomic E-state index is 0.125. The van der Waals surface area contributed by atoms with Crippen LogP contribution < -0.4 is 5.32 Å². The number of amides is 3. The Morgan fingerprint density at radius 3 is 2.75 bits per heavy atom. The average molecular weight is 384 g/mol. The van der Waals surface area contributed by atoms with Gasteiger partial charge in [0.1, 0.15) is 6.04 Å². The van der Waals surface area contributed by atoms with Crippen LogP contribution in [0.5, 0.6) is 0 Å². The van der Waals surface area contributed by atoms with Crippen molar-refractivity contribution < 1.29 is 14.4 Å². The van der Waals surface area contributed by atoms with Gasteiger partial charge >= 0.3 is 0 Å². The van der Waals surface area contributed by atoms with Crippen LogP contribution in [0.3, 0.4) is 0 Å². The van der Waals surface area contributed by atoms with Crippen molar-refractivity contribution in [2.24, 2.45) is 0 Å². The van der Waals surface area contributed by atoms with Crippen molar-refractivity contribution in [3.05, 3.63) is 32.9 Å². The predicted molar refractivity (Wildman–Crippen MR) is 79.9 cm³/mol. The molecule has 6 heteroatoms. The topological polar surface area (TPSA) is 66.5 Å². The van der Waals surface area contributed by atoms with Crippen LogP contribution >= 0.6 is 22.6 Å². The third kappa shape index (κ3) is 2.02. The first-order valence-corrected chi connectivity index (χ1v) is 7.52. The number of hydrogen-bond acceptors (Lipinski definition) is 3. The molecule has 0 radical (unpaired) electrons. The molecule has 1 fully saturated rings. The number of nitrogens with zero attached hydrogens (tertiary/aromatic N) is 1. The number of halogens is 1. The van der Waals surface area contributed by atoms with E-state index in [9.17, 15) is 14.4 Å². The second-order valence-corrected chi connectivity index (χ2v) is 6.33. The van der Waals surface area contributed by atoms with Gasteiger partial charge in [-0.15, -0.1) is 0 Å². The first-order valence-electron chi connectivity index (χ1n) is 6.45. The lowest BCUT2D eigenvalue weighted by Gasteiger charge is -2.32. The van der Waals surface area contributed by atoms with E-state index >= 15 is 0 Å². The second-order valence-electron chi connectivity index (χ2n) is 5.09. The smallest absolute Gasteiger partial charge is 0.255 e. The Balaban J connectivity index is 1.95. The van der Waals surface area contributed by atoms with Gasteiger partial charge in [-0.05, 0) is 53.6 Å². The highest BCUT2D eigenvalue weighted by molar-refractivity contribution is 14.1. The zero-order valence-electron chi connectivity index (χ0n) is 10.9. The molecule has 2 heterocycles. The number of carbonyl (C=O) groups is 3. The summed E-state index contributed by atoms with van der Waals surface area (Å²) in [7, 11) is 0. The summed E-state index contributed by atoms with van der Waals surface area (Å²) in [4.78, 5) is 37.3. The monoisotopic (exact) mass is 384 g/mol. The number of piperidine rings is 1. The number of fused-ring (bicyclic) bond motifs is 1. The van der Waals surface area contributed by atoms with Crippen molar-refractivity contribution in [1.29, 1.82) is 0 Å². The molecule has 0 aromatic heterocycles. The van der Waals surface area contributed by atoms with E-state index in [0.29, 0.717) is 12.0 Å². The molecule has 3 rings (SSSR count). The van der Waals surface area contributed by atoms with E-state index in [2.05, 4.69) is 27.9 Å². The van der Waals surface area contributed by atoms with Crippen LogP contribution in [-0.2, 0) is 9.59 Å². The minimum atomic E-state index is -0.555. The lowest BCUT2D eigenvalue weighted by molar-refractivity contribution is -0.137. The SMILES string of the molecule is CC1c2ccc(I)cc2C(=O)N1C1CCC(=O)NC1=O. The van der Waals surface area contributed by atoms with E-state index in [0.717, 1.165) is 9.13 Å². The van der Waals surface area contributed by atoms with Crippen molar-refractivity contribution in [2.75, 3.05) is 0 Å². The van der Waals surface area contributed by atoms with Crippen molar-refractivity contribution in [3.63, 3.8) is 0 Å². The number of hydrogen-bond donors (Lipinski definition) is 1. The normalized spacial score (nSPS) is 25.7. The largest absolute Gasteiger partial charge is 0.320 e. The maximum Gasteiger partial charge on any atom is 0.255 e. The molecule has 104 valence electrons. The molecule has 1 aromatic rings. The highest BCUT2D eigenvalue weighted by Gasteiger charge is 2.42. The van der Waals surface area contributed by atoms with Crippen LogP contribution in [0.2, 0.25) is 0 Å². The van der Waals surface area contributed by atoms with Crippen LogP contribution in [0.1, 0.15) is 41.7 Å². The fourth-order valence-electron chi connectivity index (χ4n) is 2.90. The molecule has 1 aromatic carbocycles. The quantitative estimate of drug-likeness (QED) is 0.591. The highest BCUT2D eigenvalue weighted by Crippen LogP contribution is 2.37. The Morgan fingerprint density at radius 1 is 1.30 bits per heavy atom. The molecule has 5 nitrogen and oxygen atoms in total. The Labute approximate surface area is 129 Å². The molecule has 3 amide bonds. The van der Waals surface area contributed by atoms with E-state index in [1.807, 2.05) is 25.1 Å². The first kappa shape index (κ1) is 13.5. The van der Waals surface area contributed by atoms with Crippen LogP contribution in [0.15, 0.2) is 18.2 Å². The lowest BCUT2D eigenvalue weighted by atomic mass is 10.0. The first-order chi connectivity index (χ1) is 9.49. The Morgan fingerprint density at radius 2 is 2.05 bits per heavy atom. The summed E-state index contributed by atoms with van der Waals surface area (Å²) in [6, 6.07) is 5.04. The summed E-state index contributed by atoms with van der Waals surface area (Å²) in [5.74, 6) is -0.762. The Bertz CT molecular complexity index is 629. The van der Waals surface area contributed by atoms with Gasteiger partial charge in [-0.25, -0.2) is 0 Å². The molecule has 1 saturated heterocycles. The number of carbonyl (C=O) groups excluding carboxylic acids is 3. The summed E-state index contributed by atoms with van der Waals surface area (Å²) >= 11 is 2.16. The number of rotatable bonds is 1. The molecule has 0 spiro atoms. The number of nitrogens with one attached hydrogen (secondary N) is 1. The van der Waals surface area contributed by atoms with E-state index < -0.39 is 6.04 Å². The van der Waals surface area contributed by atoms with E-state index in [1.54, 1.807) is 4.90 Å². The van der Waals surface area contributed by atoms with Crippen LogP contribution in [0.4, 0.5) is 0 Å². The highest BCUT2D eigenvalue weighted by atomic mass is 127. The molecule has 0 bridgehead atoms. The van der Waals surface area contributed by atoms with Gasteiger partial charge in [0.05, 0.1) is 6.04 Å². The van der Waals surface area contributed by atoms with E-state index in [4.69, 9.17) is 0 Å². The van der Waals surface area contributed by atoms with Crippen LogP contribution in [0.25, 0.3) is 0 Å². The molecule has 2 aliphatic rings. The Kier molecular flexibility index (Phi) is 3.27. The van der Waals surface area contributed by atoms with Gasteiger partial charge in [0.2, 0.25) is 11.8 Å². The molecule has 2 aliphatic heterocycles. The van der Waals surface area contributed by atoms with E-state index in [1.165, 1.54) is 0 Å². The van der Waals surface area contributed by atoms with E-state index in [-0.39, 0.29) is 30.2 Å². The zero-order chi connectivity index (χ0) is 14.4. The third-order valence-electron chi connectivity index (χ3n) is 3.89. The second kappa shape index (κ2) is 4.83. The molecule has 0 saturated carbocycles. The maximum atomic E-state index is 12.5. The summed E-state index contributed by atoms with van der Waals surface area (Å²) in [6.45, 7) is 1.92. The van der Waals surface area contributed by atoms with Crippen molar-refractivity contribution >= 4 is 40.3 Å². The van der Waals surface area contributed by atoms with Crippen molar-refractivity contribution in [3.8, 4) is 0 Å². The van der Waals surface area contributed by atoms with Gasteiger partial charge in [-0.2, -0.15) is 0 Å². The van der Waals surface area contributed by atoms with Crippen molar-refractivity contribution in [2.45, 2.75) is 31.8 Å². The van der Waals surface area contributed by atoms with Crippen LogP contribution in [-0.4, -0.2) is 28.7 Å². The van der Waals surface area contributed by atoms with Crippen LogP contribution in [0, 0.1) is 3.57 Å². The summed E-state index contributed by atoms with van der Waals surface area (Å²) in [5, 5.41) is 2.31. The fraction of sp³-hybridized carbons (Fsp3) is 0.357. The summed E-state index contributed by atoms with van der Waals surface area (Å²) in [5.41, 5.74) is 1.61. The molecule has 1 N–H and O–H groups in total. The van der Waals surface area contributed by atoms with Gasteiger partial charge in [-0.1, -0.05) is 6.07 Å².